The summed E-state index contributed by atoms with van der Waals surface area (Å²) in [5, 5.41) is 39.8. The van der Waals surface area contributed by atoms with Crippen molar-refractivity contribution in [3.63, 3.8) is 0 Å². The highest BCUT2D eigenvalue weighted by Crippen LogP contribution is 2.22. The second-order valence-corrected chi connectivity index (χ2v) is 4.71. The third kappa shape index (κ3) is 4.59. The normalized spacial score (nSPS) is 34.2. The highest BCUT2D eigenvalue weighted by atomic mass is 16.7. The first-order valence-electron chi connectivity index (χ1n) is 6.27. The van der Waals surface area contributed by atoms with Crippen LogP contribution < -0.4 is 11.1 Å². The number of nitrogens with two attached hydrogens (primary N) is 1. The number of hydrogen-bond donors (Lipinski definition) is 6. The molecule has 1 saturated heterocycles. The Bertz CT molecular complexity index is 379. The van der Waals surface area contributed by atoms with E-state index in [4.69, 9.17) is 25.4 Å². The zero-order chi connectivity index (χ0) is 16.2. The first-order valence-corrected chi connectivity index (χ1v) is 6.27. The van der Waals surface area contributed by atoms with Crippen LogP contribution >= 0.6 is 0 Å². The van der Waals surface area contributed by atoms with Crippen LogP contribution in [-0.2, 0) is 19.1 Å². The molecule has 1 aliphatic rings. The first-order chi connectivity index (χ1) is 9.77. The SMILES string of the molecule is CC(=O)N[C@H]1[C@@H](OC[C@@H](N)C(=O)O)O[C@H](CO)[C@H](O)[C@@H]1O. The lowest BCUT2D eigenvalue weighted by Crippen LogP contribution is -2.64. The van der Waals surface area contributed by atoms with Crippen molar-refractivity contribution >= 4 is 11.9 Å². The molecule has 7 N–H and O–H groups in total. The van der Waals surface area contributed by atoms with Crippen molar-refractivity contribution in [3.05, 3.63) is 0 Å². The van der Waals surface area contributed by atoms with Gasteiger partial charge in [-0.05, 0) is 0 Å². The Morgan fingerprint density at radius 3 is 2.48 bits per heavy atom. The average Bonchev–Trinajstić information content (AvgIpc) is 2.42. The number of aliphatic carboxylic acids is 1. The predicted octanol–water partition coefficient (Wildman–Crippen LogP) is -3.64. The van der Waals surface area contributed by atoms with Crippen LogP contribution in [0.25, 0.3) is 0 Å². The zero-order valence-corrected chi connectivity index (χ0v) is 11.4. The maximum absolute atomic E-state index is 11.1. The van der Waals surface area contributed by atoms with Gasteiger partial charge >= 0.3 is 5.97 Å². The summed E-state index contributed by atoms with van der Waals surface area (Å²) in [5.74, 6) is -1.80. The molecule has 10 heteroatoms. The van der Waals surface area contributed by atoms with Gasteiger partial charge in [-0.2, -0.15) is 0 Å². The summed E-state index contributed by atoms with van der Waals surface area (Å²) < 4.78 is 10.4. The lowest BCUT2D eigenvalue weighted by atomic mass is 9.97. The molecule has 1 aliphatic heterocycles. The fourth-order valence-corrected chi connectivity index (χ4v) is 1.88. The molecule has 0 saturated carbocycles. The van der Waals surface area contributed by atoms with Crippen LogP contribution in [0.15, 0.2) is 0 Å². The van der Waals surface area contributed by atoms with Crippen molar-refractivity contribution in [2.24, 2.45) is 5.73 Å². The predicted molar refractivity (Wildman–Crippen MR) is 66.9 cm³/mol. The highest BCUT2D eigenvalue weighted by molar-refractivity contribution is 5.73. The Morgan fingerprint density at radius 1 is 1.38 bits per heavy atom. The van der Waals surface area contributed by atoms with E-state index in [0.717, 1.165) is 0 Å². The number of aliphatic hydroxyl groups is 3. The van der Waals surface area contributed by atoms with E-state index in [0.29, 0.717) is 0 Å². The van der Waals surface area contributed by atoms with Crippen molar-refractivity contribution in [2.75, 3.05) is 13.2 Å². The van der Waals surface area contributed by atoms with Crippen LogP contribution in [0.3, 0.4) is 0 Å². The first kappa shape index (κ1) is 17.8. The number of carboxylic acids is 1. The number of carbonyl (C=O) groups is 2. The standard InChI is InChI=1S/C11H20N2O8/c1-4(15)13-7-9(17)8(16)6(2-14)21-11(7)20-3-5(12)10(18)19/h5-9,11,14,16-17H,2-3,12H2,1H3,(H,13,15)(H,18,19)/t5-,6-,7-,8+,9-,11+/m1/s1. The maximum atomic E-state index is 11.1. The van der Waals surface area contributed by atoms with Crippen LogP contribution in [0, 0.1) is 0 Å². The van der Waals surface area contributed by atoms with E-state index in [1.54, 1.807) is 0 Å². The zero-order valence-electron chi connectivity index (χ0n) is 11.4. The van der Waals surface area contributed by atoms with Crippen molar-refractivity contribution in [3.8, 4) is 0 Å². The summed E-state index contributed by atoms with van der Waals surface area (Å²) in [5.41, 5.74) is 5.28. The van der Waals surface area contributed by atoms with E-state index in [1.165, 1.54) is 6.92 Å². The van der Waals surface area contributed by atoms with Crippen LogP contribution in [0.2, 0.25) is 0 Å². The smallest absolute Gasteiger partial charge is 0.322 e. The second-order valence-electron chi connectivity index (χ2n) is 4.71. The van der Waals surface area contributed by atoms with Gasteiger partial charge in [0.05, 0.1) is 13.2 Å². The Labute approximate surface area is 120 Å². The van der Waals surface area contributed by atoms with Gasteiger partial charge in [-0.1, -0.05) is 0 Å². The molecule has 1 fully saturated rings. The van der Waals surface area contributed by atoms with Gasteiger partial charge in [0.25, 0.3) is 0 Å². The minimum atomic E-state index is -1.45. The van der Waals surface area contributed by atoms with Gasteiger partial charge in [0, 0.05) is 6.92 Å². The molecular formula is C11H20N2O8. The van der Waals surface area contributed by atoms with Gasteiger partial charge in [-0.25, -0.2) is 0 Å². The molecule has 122 valence electrons. The van der Waals surface area contributed by atoms with Crippen molar-refractivity contribution in [1.82, 2.24) is 5.32 Å². The van der Waals surface area contributed by atoms with Crippen LogP contribution in [0.1, 0.15) is 6.92 Å². The summed E-state index contributed by atoms with van der Waals surface area (Å²) in [6, 6.07) is -2.44. The summed E-state index contributed by atoms with van der Waals surface area (Å²) in [7, 11) is 0. The van der Waals surface area contributed by atoms with E-state index in [2.05, 4.69) is 5.32 Å². The maximum Gasteiger partial charge on any atom is 0.322 e. The minimum Gasteiger partial charge on any atom is -0.480 e. The molecule has 1 heterocycles. The number of aliphatic hydroxyl groups excluding tert-OH is 3. The molecular weight excluding hydrogens is 288 g/mol. The minimum absolute atomic E-state index is 0.433. The Kier molecular flexibility index (Phi) is 6.45. The molecule has 0 aliphatic carbocycles. The molecule has 0 bridgehead atoms. The molecule has 6 atom stereocenters. The van der Waals surface area contributed by atoms with Crippen LogP contribution in [0.5, 0.6) is 0 Å². The lowest BCUT2D eigenvalue weighted by molar-refractivity contribution is -0.270. The summed E-state index contributed by atoms with van der Waals surface area (Å²) in [6.45, 7) is 0.171. The van der Waals surface area contributed by atoms with E-state index < -0.39 is 61.8 Å². The Balaban J connectivity index is 2.78. The number of rotatable bonds is 6. The molecule has 0 aromatic heterocycles. The number of carbonyl (C=O) groups excluding carboxylic acids is 1. The molecule has 21 heavy (non-hydrogen) atoms. The molecule has 0 spiro atoms. The van der Waals surface area contributed by atoms with E-state index in [-0.39, 0.29) is 0 Å². The molecule has 1 amide bonds. The molecule has 0 unspecified atom stereocenters. The Hall–Kier alpha value is -1.30. The van der Waals surface area contributed by atoms with Gasteiger partial charge in [0.2, 0.25) is 5.91 Å². The molecule has 0 aromatic rings. The van der Waals surface area contributed by atoms with Gasteiger partial charge in [-0.15, -0.1) is 0 Å². The van der Waals surface area contributed by atoms with Crippen molar-refractivity contribution in [2.45, 2.75) is 43.6 Å². The quantitative estimate of drug-likeness (QED) is 0.289. The fraction of sp³-hybridized carbons (Fsp3) is 0.818. The number of hydrogen-bond acceptors (Lipinski definition) is 8. The lowest BCUT2D eigenvalue weighted by Gasteiger charge is -2.42. The van der Waals surface area contributed by atoms with Crippen LogP contribution in [-0.4, -0.2) is 82.2 Å². The molecule has 0 aromatic carbocycles. The summed E-state index contributed by atoms with van der Waals surface area (Å²) in [6.07, 6.45) is -5.27. The van der Waals surface area contributed by atoms with Crippen molar-refractivity contribution < 1.29 is 39.5 Å². The number of ether oxygens (including phenoxy) is 2. The molecule has 0 radical (unpaired) electrons. The topological polar surface area (TPSA) is 172 Å². The average molecular weight is 308 g/mol. The fourth-order valence-electron chi connectivity index (χ4n) is 1.88. The van der Waals surface area contributed by atoms with Gasteiger partial charge < -0.3 is 41.0 Å². The highest BCUT2D eigenvalue weighted by Gasteiger charge is 2.45. The third-order valence-electron chi connectivity index (χ3n) is 3.01. The molecule has 1 rings (SSSR count). The number of carboxylic acid groups (broad SMARTS) is 1. The van der Waals surface area contributed by atoms with Gasteiger partial charge in [-0.3, -0.25) is 9.59 Å². The largest absolute Gasteiger partial charge is 0.480 e. The number of nitrogens with one attached hydrogen (secondary N) is 1. The molecule has 10 nitrogen and oxygen atoms in total. The van der Waals surface area contributed by atoms with E-state index >= 15 is 0 Å². The second kappa shape index (κ2) is 7.64. The van der Waals surface area contributed by atoms with Gasteiger partial charge in [0.15, 0.2) is 6.29 Å². The van der Waals surface area contributed by atoms with E-state index in [9.17, 15) is 19.8 Å². The van der Waals surface area contributed by atoms with Crippen molar-refractivity contribution in [1.29, 1.82) is 0 Å². The third-order valence-corrected chi connectivity index (χ3v) is 3.01. The van der Waals surface area contributed by atoms with E-state index in [1.807, 2.05) is 0 Å². The Morgan fingerprint density at radius 2 is 2.00 bits per heavy atom. The monoisotopic (exact) mass is 308 g/mol. The summed E-state index contributed by atoms with van der Waals surface area (Å²) >= 11 is 0. The van der Waals surface area contributed by atoms with Gasteiger partial charge in [0.1, 0.15) is 30.4 Å². The van der Waals surface area contributed by atoms with Crippen LogP contribution in [0.4, 0.5) is 0 Å². The number of amides is 1. The summed E-state index contributed by atoms with van der Waals surface area (Å²) in [4.78, 5) is 21.7.